The van der Waals surface area contributed by atoms with E-state index in [0.29, 0.717) is 10.8 Å². The minimum Gasteiger partial charge on any atom is -0.454 e. The van der Waals surface area contributed by atoms with Gasteiger partial charge in [-0.05, 0) is 50.3 Å². The molecule has 0 radical (unpaired) electrons. The van der Waals surface area contributed by atoms with Crippen LogP contribution in [0.3, 0.4) is 0 Å². The number of non-ortho nitro benzene ring substituents is 1. The van der Waals surface area contributed by atoms with E-state index in [4.69, 9.17) is 52.2 Å². The maximum absolute atomic E-state index is 10.9. The van der Waals surface area contributed by atoms with E-state index < -0.39 is 15.5 Å². The highest BCUT2D eigenvalue weighted by Crippen LogP contribution is 2.39. The Hall–Kier alpha value is -3.57. The average Bonchev–Trinajstić information content (AvgIpc) is 2.93. The Labute approximate surface area is 254 Å². The van der Waals surface area contributed by atoms with Crippen LogP contribution < -0.4 is 4.74 Å². The van der Waals surface area contributed by atoms with E-state index in [1.54, 1.807) is 18.5 Å². The smallest absolute Gasteiger partial charge is 0.425 e. The number of hydrogen-bond donors (Lipinski definition) is 0. The van der Waals surface area contributed by atoms with Crippen molar-refractivity contribution in [2.45, 2.75) is 39.5 Å². The number of aromatic nitrogens is 2. The number of aryl methyl sites for hydroxylation is 4. The lowest BCUT2D eigenvalue weighted by Gasteiger charge is -2.10. The third-order valence-electron chi connectivity index (χ3n) is 5.43. The number of hydrogen-bond acceptors (Lipinski definition) is 8. The lowest BCUT2D eigenvalue weighted by Crippen LogP contribution is -1.99. The van der Waals surface area contributed by atoms with Crippen molar-refractivity contribution in [3.63, 3.8) is 0 Å². The number of rotatable bonds is 8. The highest BCUT2D eigenvalue weighted by molar-refractivity contribution is 7.59. The van der Waals surface area contributed by atoms with Crippen LogP contribution in [0.5, 0.6) is 11.5 Å². The third-order valence-corrected chi connectivity index (χ3v) is 6.42. The summed E-state index contributed by atoms with van der Waals surface area (Å²) in [6, 6.07) is 20.2. The molecule has 1 aromatic heterocycles. The van der Waals surface area contributed by atoms with Crippen LogP contribution in [0.4, 0.5) is 5.69 Å². The Kier molecular flexibility index (Phi) is 14.2. The normalized spacial score (nSPS) is 9.98. The third kappa shape index (κ3) is 11.8. The fraction of sp³-hybridized carbons (Fsp3) is 0.214. The zero-order chi connectivity index (χ0) is 30.4. The summed E-state index contributed by atoms with van der Waals surface area (Å²) in [5.74, 6) is 0.713. The van der Waals surface area contributed by atoms with E-state index >= 15 is 0 Å². The lowest BCUT2D eigenvalue weighted by molar-refractivity contribution is -0.384. The van der Waals surface area contributed by atoms with Crippen LogP contribution >= 0.6 is 34.8 Å². The first-order valence-electron chi connectivity index (χ1n) is 12.2. The molecule has 0 bridgehead atoms. The zero-order valence-corrected chi connectivity index (χ0v) is 25.2. The summed E-state index contributed by atoms with van der Waals surface area (Å²) in [7, 11) is -3.11. The number of ether oxygens (including phenoxy) is 1. The SMILES string of the molecule is CCc1ncnc(CCCc2ccc(Oc3c(Cl)cc([N+](=O)[O-])cc3Cl)cc2)c1Cl.Cc1ccccc1.O=S(=O)=O. The molecule has 0 amide bonds. The minimum absolute atomic E-state index is 0.0754. The minimum atomic E-state index is -3.11. The van der Waals surface area contributed by atoms with Crippen LogP contribution in [0.2, 0.25) is 15.1 Å². The van der Waals surface area contributed by atoms with Crippen molar-refractivity contribution in [2.75, 3.05) is 0 Å². The second kappa shape index (κ2) is 17.3. The van der Waals surface area contributed by atoms with E-state index in [9.17, 15) is 10.1 Å². The van der Waals surface area contributed by atoms with E-state index in [2.05, 4.69) is 29.0 Å². The van der Waals surface area contributed by atoms with Gasteiger partial charge in [-0.25, -0.2) is 9.97 Å². The van der Waals surface area contributed by atoms with E-state index in [1.807, 2.05) is 37.3 Å². The van der Waals surface area contributed by atoms with Crippen molar-refractivity contribution in [1.82, 2.24) is 9.97 Å². The zero-order valence-electron chi connectivity index (χ0n) is 22.1. The van der Waals surface area contributed by atoms with Gasteiger partial charge in [-0.1, -0.05) is 89.8 Å². The monoisotopic (exact) mass is 637 g/mol. The Morgan fingerprint density at radius 2 is 1.44 bits per heavy atom. The van der Waals surface area contributed by atoms with Crippen molar-refractivity contribution in [3.05, 3.63) is 121 Å². The molecule has 0 unspecified atom stereocenters. The molecule has 0 N–H and O–H groups in total. The highest BCUT2D eigenvalue weighted by Gasteiger charge is 2.16. The molecule has 0 aliphatic carbocycles. The van der Waals surface area contributed by atoms with Crippen LogP contribution in [0.15, 0.2) is 73.1 Å². The van der Waals surface area contributed by atoms with Crippen LogP contribution in [-0.4, -0.2) is 27.5 Å². The maximum Gasteiger partial charge on any atom is 0.425 e. The molecule has 0 atom stereocenters. The van der Waals surface area contributed by atoms with Gasteiger partial charge < -0.3 is 4.74 Å². The number of halogens is 3. The number of nitro groups is 1. The Morgan fingerprint density at radius 3 is 1.93 bits per heavy atom. The molecule has 9 nitrogen and oxygen atoms in total. The van der Waals surface area contributed by atoms with E-state index in [1.165, 1.54) is 17.7 Å². The molecule has 13 heteroatoms. The molecule has 0 saturated heterocycles. The molecule has 0 aliphatic heterocycles. The molecule has 4 rings (SSSR count). The van der Waals surface area contributed by atoms with Gasteiger partial charge in [-0.3, -0.25) is 10.1 Å². The Morgan fingerprint density at radius 1 is 0.878 bits per heavy atom. The molecule has 4 aromatic rings. The summed E-state index contributed by atoms with van der Waals surface area (Å²) in [6.07, 6.45) is 4.83. The molecule has 0 fully saturated rings. The van der Waals surface area contributed by atoms with Gasteiger partial charge >= 0.3 is 10.6 Å². The maximum atomic E-state index is 10.9. The molecule has 1 heterocycles. The first-order chi connectivity index (χ1) is 19.5. The van der Waals surface area contributed by atoms with Crippen molar-refractivity contribution in [2.24, 2.45) is 0 Å². The highest BCUT2D eigenvalue weighted by atomic mass is 35.5. The van der Waals surface area contributed by atoms with Gasteiger partial charge in [0, 0.05) is 12.1 Å². The quantitative estimate of drug-likeness (QED) is 0.141. The average molecular weight is 639 g/mol. The van der Waals surface area contributed by atoms with Crippen LogP contribution in [0.25, 0.3) is 0 Å². The molecule has 3 aromatic carbocycles. The van der Waals surface area contributed by atoms with Crippen LogP contribution in [0.1, 0.15) is 35.9 Å². The number of nitro benzene ring substituents is 1. The van der Waals surface area contributed by atoms with Crippen molar-refractivity contribution >= 4 is 51.1 Å². The summed E-state index contributed by atoms with van der Waals surface area (Å²) in [4.78, 5) is 18.8. The van der Waals surface area contributed by atoms with Gasteiger partial charge in [0.25, 0.3) is 5.69 Å². The summed E-state index contributed by atoms with van der Waals surface area (Å²) in [6.45, 7) is 4.10. The fourth-order valence-corrected chi connectivity index (χ4v) is 4.33. The van der Waals surface area contributed by atoms with Crippen molar-refractivity contribution < 1.29 is 22.3 Å². The van der Waals surface area contributed by atoms with E-state index in [0.717, 1.165) is 42.6 Å². The summed E-state index contributed by atoms with van der Waals surface area (Å²) in [5.41, 5.74) is 3.99. The first-order valence-corrected chi connectivity index (χ1v) is 14.3. The van der Waals surface area contributed by atoms with Crippen LogP contribution in [0, 0.1) is 17.0 Å². The van der Waals surface area contributed by atoms with Gasteiger partial charge in [0.1, 0.15) is 12.1 Å². The second-order valence-corrected chi connectivity index (χ2v) is 9.99. The number of nitrogens with zero attached hydrogens (tertiary/aromatic N) is 3. The molecular weight excluding hydrogens is 613 g/mol. The predicted octanol–water partition coefficient (Wildman–Crippen LogP) is 7.87. The standard InChI is InChI=1S/C21H18Cl3N3O3.C7H8.O3S/c1-2-18-20(24)19(26-12-25-18)5-3-4-13-6-8-15(9-7-13)30-21-16(22)10-14(27(28)29)11-17(21)23;1-7-5-3-2-4-6-7;1-4(2)3/h6-12H,2-5H2,1H3;2-6H,1H3;. The Balaban J connectivity index is 0.000000447. The molecule has 216 valence electrons. The molecular formula is C28H26Cl3N3O6S. The van der Waals surface area contributed by atoms with Gasteiger partial charge in [-0.15, -0.1) is 12.6 Å². The fourth-order valence-electron chi connectivity index (χ4n) is 3.45. The molecule has 0 aliphatic rings. The van der Waals surface area contributed by atoms with Crippen molar-refractivity contribution in [3.8, 4) is 11.5 Å². The largest absolute Gasteiger partial charge is 0.454 e. The summed E-state index contributed by atoms with van der Waals surface area (Å²) < 4.78 is 31.1. The van der Waals surface area contributed by atoms with Gasteiger partial charge in [0.2, 0.25) is 0 Å². The summed E-state index contributed by atoms with van der Waals surface area (Å²) in [5, 5.41) is 11.7. The second-order valence-electron chi connectivity index (χ2n) is 8.39. The molecule has 41 heavy (non-hydrogen) atoms. The van der Waals surface area contributed by atoms with Crippen molar-refractivity contribution in [1.29, 1.82) is 0 Å². The topological polar surface area (TPSA) is 129 Å². The number of benzene rings is 3. The molecule has 0 saturated carbocycles. The van der Waals surface area contributed by atoms with E-state index in [-0.39, 0.29) is 21.5 Å². The molecule has 0 spiro atoms. The summed E-state index contributed by atoms with van der Waals surface area (Å²) >= 11 is 18.5. The Bertz CT molecular complexity index is 1530. The predicted molar refractivity (Wildman–Crippen MR) is 159 cm³/mol. The van der Waals surface area contributed by atoms with Gasteiger partial charge in [0.05, 0.1) is 31.4 Å². The first kappa shape index (κ1) is 33.6. The van der Waals surface area contributed by atoms with Crippen LogP contribution in [-0.2, 0) is 29.9 Å². The lowest BCUT2D eigenvalue weighted by atomic mass is 10.1. The van der Waals surface area contributed by atoms with Gasteiger partial charge in [0.15, 0.2) is 5.75 Å². The van der Waals surface area contributed by atoms with Gasteiger partial charge in [-0.2, -0.15) is 0 Å².